The van der Waals surface area contributed by atoms with Crippen molar-refractivity contribution in [3.8, 4) is 6.07 Å². The molecule has 126 valence electrons. The number of nitrogens with zero attached hydrogens (tertiary/aromatic N) is 2. The molecule has 1 aliphatic rings. The zero-order valence-corrected chi connectivity index (χ0v) is 13.0. The number of halogens is 3. The lowest BCUT2D eigenvalue weighted by molar-refractivity contribution is 0.0940. The third-order valence-corrected chi connectivity index (χ3v) is 5.40. The fourth-order valence-corrected chi connectivity index (χ4v) is 3.87. The highest BCUT2D eigenvalue weighted by Gasteiger charge is 2.32. The molecule has 1 fully saturated rings. The van der Waals surface area contributed by atoms with Crippen molar-refractivity contribution in [3.63, 3.8) is 0 Å². The Kier molecular flexibility index (Phi) is 5.62. The highest BCUT2D eigenvalue weighted by Crippen LogP contribution is 2.25. The van der Waals surface area contributed by atoms with Gasteiger partial charge < -0.3 is 4.74 Å². The second-order valence-corrected chi connectivity index (χ2v) is 6.99. The van der Waals surface area contributed by atoms with Crippen LogP contribution >= 0.6 is 0 Å². The van der Waals surface area contributed by atoms with Gasteiger partial charge in [-0.2, -0.15) is 9.57 Å². The minimum Gasteiger partial charge on any atom is -0.377 e. The molecule has 1 atom stereocenters. The highest BCUT2D eigenvalue weighted by molar-refractivity contribution is 7.89. The fraction of sp³-hybridized carbons (Fsp3) is 0.500. The van der Waals surface area contributed by atoms with Crippen LogP contribution in [-0.4, -0.2) is 38.5 Å². The van der Waals surface area contributed by atoms with Crippen LogP contribution in [0.5, 0.6) is 0 Å². The monoisotopic (exact) mass is 348 g/mol. The largest absolute Gasteiger partial charge is 0.377 e. The summed E-state index contributed by atoms with van der Waals surface area (Å²) < 4.78 is 71.5. The minimum atomic E-state index is -4.41. The Balaban J connectivity index is 2.35. The van der Waals surface area contributed by atoms with Gasteiger partial charge in [0.1, 0.15) is 4.90 Å². The van der Waals surface area contributed by atoms with E-state index in [1.165, 1.54) is 0 Å². The normalized spacial score (nSPS) is 18.3. The smallest absolute Gasteiger partial charge is 0.246 e. The third kappa shape index (κ3) is 3.83. The second kappa shape index (κ2) is 7.29. The van der Waals surface area contributed by atoms with Crippen molar-refractivity contribution in [2.24, 2.45) is 0 Å². The van der Waals surface area contributed by atoms with Crippen LogP contribution in [0, 0.1) is 28.8 Å². The molecule has 1 saturated heterocycles. The van der Waals surface area contributed by atoms with Gasteiger partial charge in [-0.1, -0.05) is 0 Å². The van der Waals surface area contributed by atoms with Crippen LogP contribution in [0.25, 0.3) is 0 Å². The number of nitriles is 1. The van der Waals surface area contributed by atoms with Crippen LogP contribution in [0.4, 0.5) is 13.2 Å². The Hall–Kier alpha value is -1.63. The predicted octanol–water partition coefficient (Wildman–Crippen LogP) is 2.19. The van der Waals surface area contributed by atoms with Gasteiger partial charge in [-0.15, -0.1) is 0 Å². The van der Waals surface area contributed by atoms with E-state index in [9.17, 15) is 21.6 Å². The standard InChI is InChI=1S/C14H15F3N2O3S/c15-11-4-5-12(14(17)13(11)16)23(20,21)19(7-2-6-18)9-10-3-1-8-22-10/h4-5,10H,1-3,7-9H2. The van der Waals surface area contributed by atoms with Crippen molar-refractivity contribution in [2.75, 3.05) is 19.7 Å². The molecular weight excluding hydrogens is 333 g/mol. The summed E-state index contributed by atoms with van der Waals surface area (Å²) >= 11 is 0. The number of hydrogen-bond acceptors (Lipinski definition) is 4. The maximum Gasteiger partial charge on any atom is 0.246 e. The molecule has 0 bridgehead atoms. The predicted molar refractivity (Wildman–Crippen MR) is 74.3 cm³/mol. The summed E-state index contributed by atoms with van der Waals surface area (Å²) in [5, 5.41) is 8.66. The van der Waals surface area contributed by atoms with Crippen LogP contribution in [0.15, 0.2) is 17.0 Å². The van der Waals surface area contributed by atoms with Gasteiger partial charge >= 0.3 is 0 Å². The maximum absolute atomic E-state index is 13.8. The molecule has 0 spiro atoms. The summed E-state index contributed by atoms with van der Waals surface area (Å²) in [5.74, 6) is -5.08. The number of ether oxygens (including phenoxy) is 1. The average molecular weight is 348 g/mol. The van der Waals surface area contributed by atoms with Crippen LogP contribution in [-0.2, 0) is 14.8 Å². The molecule has 0 aromatic heterocycles. The average Bonchev–Trinajstić information content (AvgIpc) is 3.01. The van der Waals surface area contributed by atoms with Gasteiger partial charge in [0.15, 0.2) is 17.5 Å². The molecule has 1 aromatic carbocycles. The molecule has 5 nitrogen and oxygen atoms in total. The van der Waals surface area contributed by atoms with Crippen LogP contribution in [0.1, 0.15) is 19.3 Å². The number of hydrogen-bond donors (Lipinski definition) is 0. The SMILES string of the molecule is N#CCCN(CC1CCCO1)S(=O)(=O)c1ccc(F)c(F)c1F. The first kappa shape index (κ1) is 17.7. The molecule has 0 radical (unpaired) electrons. The summed E-state index contributed by atoms with van der Waals surface area (Å²) in [6, 6.07) is 3.04. The summed E-state index contributed by atoms with van der Waals surface area (Å²) in [5.41, 5.74) is 0. The van der Waals surface area contributed by atoms with E-state index in [-0.39, 0.29) is 25.6 Å². The zero-order chi connectivity index (χ0) is 17.0. The number of rotatable bonds is 6. The first-order valence-electron chi connectivity index (χ1n) is 7.00. The molecule has 2 rings (SSSR count). The fourth-order valence-electron chi connectivity index (χ4n) is 2.35. The van der Waals surface area contributed by atoms with E-state index < -0.39 is 32.4 Å². The molecule has 1 unspecified atom stereocenters. The van der Waals surface area contributed by atoms with Gasteiger partial charge in [0, 0.05) is 26.1 Å². The topological polar surface area (TPSA) is 70.4 Å². The zero-order valence-electron chi connectivity index (χ0n) is 12.1. The number of benzene rings is 1. The lowest BCUT2D eigenvalue weighted by atomic mass is 10.2. The lowest BCUT2D eigenvalue weighted by Crippen LogP contribution is -2.38. The van der Waals surface area contributed by atoms with Crippen molar-refractivity contribution in [2.45, 2.75) is 30.3 Å². The maximum atomic E-state index is 13.8. The van der Waals surface area contributed by atoms with E-state index in [1.54, 1.807) is 6.07 Å². The molecule has 1 aliphatic heterocycles. The highest BCUT2D eigenvalue weighted by atomic mass is 32.2. The Morgan fingerprint density at radius 3 is 2.65 bits per heavy atom. The molecule has 0 aliphatic carbocycles. The van der Waals surface area contributed by atoms with Crippen molar-refractivity contribution >= 4 is 10.0 Å². The van der Waals surface area contributed by atoms with Gasteiger partial charge in [-0.25, -0.2) is 21.6 Å². The molecule has 1 heterocycles. The Bertz CT molecular complexity index is 713. The van der Waals surface area contributed by atoms with E-state index in [4.69, 9.17) is 10.00 Å². The second-order valence-electron chi connectivity index (χ2n) is 5.08. The van der Waals surface area contributed by atoms with Crippen molar-refractivity contribution in [3.05, 3.63) is 29.6 Å². The molecule has 9 heteroatoms. The Labute approximate surface area is 132 Å². The summed E-state index contributed by atoms with van der Waals surface area (Å²) in [4.78, 5) is -0.952. The van der Waals surface area contributed by atoms with Gasteiger partial charge in [-0.3, -0.25) is 0 Å². The molecule has 1 aromatic rings. The van der Waals surface area contributed by atoms with Gasteiger partial charge in [-0.05, 0) is 25.0 Å². The van der Waals surface area contributed by atoms with Gasteiger partial charge in [0.05, 0.1) is 12.2 Å². The van der Waals surface area contributed by atoms with Gasteiger partial charge in [0.25, 0.3) is 0 Å². The summed E-state index contributed by atoms with van der Waals surface area (Å²) in [6.07, 6.45) is 0.934. The van der Waals surface area contributed by atoms with E-state index >= 15 is 0 Å². The quantitative estimate of drug-likeness (QED) is 0.739. The first-order valence-corrected chi connectivity index (χ1v) is 8.44. The van der Waals surface area contributed by atoms with E-state index in [0.717, 1.165) is 10.7 Å². The molecule has 0 amide bonds. The van der Waals surface area contributed by atoms with Crippen molar-refractivity contribution < 1.29 is 26.3 Å². The molecule has 0 N–H and O–H groups in total. The van der Waals surface area contributed by atoms with E-state index in [2.05, 4.69) is 0 Å². The molecule has 0 saturated carbocycles. The van der Waals surface area contributed by atoms with Crippen molar-refractivity contribution in [1.29, 1.82) is 5.26 Å². The Morgan fingerprint density at radius 1 is 1.30 bits per heavy atom. The molecule has 23 heavy (non-hydrogen) atoms. The molecular formula is C14H15F3N2O3S. The Morgan fingerprint density at radius 2 is 2.04 bits per heavy atom. The lowest BCUT2D eigenvalue weighted by Gasteiger charge is -2.24. The van der Waals surface area contributed by atoms with Crippen LogP contribution in [0.3, 0.4) is 0 Å². The third-order valence-electron chi connectivity index (χ3n) is 3.52. The first-order chi connectivity index (χ1) is 10.9. The van der Waals surface area contributed by atoms with Gasteiger partial charge in [0.2, 0.25) is 10.0 Å². The van der Waals surface area contributed by atoms with Crippen molar-refractivity contribution in [1.82, 2.24) is 4.31 Å². The van der Waals surface area contributed by atoms with E-state index in [0.29, 0.717) is 25.2 Å². The van der Waals surface area contributed by atoms with E-state index in [1.807, 2.05) is 0 Å². The van der Waals surface area contributed by atoms with Crippen LogP contribution in [0.2, 0.25) is 0 Å². The number of sulfonamides is 1. The summed E-state index contributed by atoms with van der Waals surface area (Å²) in [7, 11) is -4.41. The van der Waals surface area contributed by atoms with Crippen LogP contribution < -0.4 is 0 Å². The summed E-state index contributed by atoms with van der Waals surface area (Å²) in [6.45, 7) is 0.246. The minimum absolute atomic E-state index is 0.0670.